The Hall–Kier alpha value is -2.36. The number of carbonyl (C=O) groups excluding carboxylic acids is 1. The highest BCUT2D eigenvalue weighted by atomic mass is 16.5. The Bertz CT molecular complexity index is 626. The van der Waals surface area contributed by atoms with Gasteiger partial charge in [-0.3, -0.25) is 4.79 Å². The van der Waals surface area contributed by atoms with Crippen LogP contribution in [0.25, 0.3) is 6.08 Å². The van der Waals surface area contributed by atoms with Gasteiger partial charge in [0.25, 0.3) is 0 Å². The van der Waals surface area contributed by atoms with Gasteiger partial charge in [0.05, 0.1) is 17.6 Å². The maximum atomic E-state index is 12.0. The Labute approximate surface area is 98.0 Å². The molecule has 1 aliphatic rings. The van der Waals surface area contributed by atoms with Gasteiger partial charge in [-0.25, -0.2) is 4.98 Å². The molecule has 0 radical (unpaired) electrons. The predicted octanol–water partition coefficient (Wildman–Crippen LogP) is 2.33. The molecular weight excluding hydrogens is 216 g/mol. The number of rotatable bonds is 1. The van der Waals surface area contributed by atoms with Gasteiger partial charge in [0, 0.05) is 11.8 Å². The molecule has 0 spiro atoms. The molecule has 0 saturated carbocycles. The van der Waals surface area contributed by atoms with Crippen LogP contribution in [0.15, 0.2) is 36.4 Å². The molecule has 2 aromatic rings. The van der Waals surface area contributed by atoms with Crippen LogP contribution in [0.3, 0.4) is 0 Å². The van der Waals surface area contributed by atoms with E-state index in [4.69, 9.17) is 4.74 Å². The van der Waals surface area contributed by atoms with Gasteiger partial charge in [-0.1, -0.05) is 12.1 Å². The molecule has 1 aromatic carbocycles. The van der Waals surface area contributed by atoms with E-state index >= 15 is 0 Å². The highest BCUT2D eigenvalue weighted by molar-refractivity contribution is 6.14. The Balaban J connectivity index is 2.02. The van der Waals surface area contributed by atoms with Gasteiger partial charge in [0.15, 0.2) is 5.76 Å². The van der Waals surface area contributed by atoms with Gasteiger partial charge >= 0.3 is 0 Å². The van der Waals surface area contributed by atoms with Crippen molar-refractivity contribution >= 4 is 11.9 Å². The number of fused-ring (bicyclic) bond motifs is 1. The number of hydrogen-bond acceptors (Lipinski definition) is 3. The topological polar surface area (TPSA) is 55.0 Å². The summed E-state index contributed by atoms with van der Waals surface area (Å²) in [5.41, 5.74) is 2.23. The molecular formula is C13H10N2O2. The van der Waals surface area contributed by atoms with Crippen LogP contribution in [0.1, 0.15) is 21.7 Å². The van der Waals surface area contributed by atoms with Crippen molar-refractivity contribution in [2.45, 2.75) is 6.92 Å². The van der Waals surface area contributed by atoms with E-state index in [0.717, 1.165) is 11.4 Å². The lowest BCUT2D eigenvalue weighted by atomic mass is 10.1. The molecule has 17 heavy (non-hydrogen) atoms. The maximum Gasteiger partial charge on any atom is 0.232 e. The van der Waals surface area contributed by atoms with E-state index < -0.39 is 0 Å². The first-order valence-corrected chi connectivity index (χ1v) is 5.29. The Morgan fingerprint density at radius 2 is 2.18 bits per heavy atom. The third-order valence-corrected chi connectivity index (χ3v) is 2.71. The van der Waals surface area contributed by atoms with Crippen molar-refractivity contribution in [1.29, 1.82) is 0 Å². The Morgan fingerprint density at radius 3 is 2.88 bits per heavy atom. The van der Waals surface area contributed by atoms with E-state index in [1.54, 1.807) is 24.5 Å². The largest absolute Gasteiger partial charge is 0.452 e. The number of para-hydroxylation sites is 1. The third-order valence-electron chi connectivity index (χ3n) is 2.71. The quantitative estimate of drug-likeness (QED) is 0.759. The molecule has 0 aliphatic carbocycles. The van der Waals surface area contributed by atoms with Crippen LogP contribution in [-0.2, 0) is 0 Å². The minimum Gasteiger partial charge on any atom is -0.452 e. The minimum atomic E-state index is -0.0944. The number of aromatic nitrogens is 2. The molecule has 0 saturated heterocycles. The highest BCUT2D eigenvalue weighted by Crippen LogP contribution is 2.31. The molecule has 1 N–H and O–H groups in total. The lowest BCUT2D eigenvalue weighted by molar-refractivity contribution is 0.101. The number of benzene rings is 1. The molecule has 84 valence electrons. The summed E-state index contributed by atoms with van der Waals surface area (Å²) < 4.78 is 5.51. The van der Waals surface area contributed by atoms with Crippen molar-refractivity contribution in [3.63, 3.8) is 0 Å². The van der Waals surface area contributed by atoms with E-state index in [2.05, 4.69) is 9.97 Å². The number of aryl methyl sites for hydroxylation is 1. The first-order chi connectivity index (χ1) is 8.25. The average Bonchev–Trinajstić information content (AvgIpc) is 2.87. The van der Waals surface area contributed by atoms with Crippen LogP contribution >= 0.6 is 0 Å². The van der Waals surface area contributed by atoms with Crippen molar-refractivity contribution in [1.82, 2.24) is 9.97 Å². The number of allylic oxidation sites excluding steroid dienone is 1. The van der Waals surface area contributed by atoms with Crippen LogP contribution in [0, 0.1) is 6.92 Å². The fraction of sp³-hybridized carbons (Fsp3) is 0.0769. The molecule has 0 bridgehead atoms. The number of ketones is 1. The van der Waals surface area contributed by atoms with Crippen LogP contribution < -0.4 is 4.74 Å². The number of hydrogen-bond donors (Lipinski definition) is 1. The molecule has 2 heterocycles. The number of H-pyrrole nitrogens is 1. The number of nitrogens with zero attached hydrogens (tertiary/aromatic N) is 1. The first kappa shape index (κ1) is 9.84. The second kappa shape index (κ2) is 3.59. The molecule has 0 fully saturated rings. The van der Waals surface area contributed by atoms with Crippen molar-refractivity contribution < 1.29 is 9.53 Å². The highest BCUT2D eigenvalue weighted by Gasteiger charge is 2.26. The van der Waals surface area contributed by atoms with Crippen molar-refractivity contribution in [3.8, 4) is 5.75 Å². The summed E-state index contributed by atoms with van der Waals surface area (Å²) in [5.74, 6) is 0.835. The fourth-order valence-electron chi connectivity index (χ4n) is 1.77. The van der Waals surface area contributed by atoms with Crippen LogP contribution in [0.2, 0.25) is 0 Å². The van der Waals surface area contributed by atoms with Crippen LogP contribution in [0.5, 0.6) is 5.75 Å². The molecule has 4 nitrogen and oxygen atoms in total. The molecule has 1 aliphatic heterocycles. The molecule has 1 aromatic heterocycles. The van der Waals surface area contributed by atoms with Gasteiger partial charge in [-0.2, -0.15) is 0 Å². The second-order valence-corrected chi connectivity index (χ2v) is 3.85. The number of imidazole rings is 1. The summed E-state index contributed by atoms with van der Waals surface area (Å²) in [6.45, 7) is 1.89. The molecule has 4 heteroatoms. The van der Waals surface area contributed by atoms with Gasteiger partial charge in [0.1, 0.15) is 5.75 Å². The van der Waals surface area contributed by atoms with E-state index in [1.807, 2.05) is 19.1 Å². The maximum absolute atomic E-state index is 12.0. The van der Waals surface area contributed by atoms with E-state index in [1.165, 1.54) is 0 Å². The summed E-state index contributed by atoms with van der Waals surface area (Å²) >= 11 is 0. The first-order valence-electron chi connectivity index (χ1n) is 5.29. The smallest absolute Gasteiger partial charge is 0.232 e. The van der Waals surface area contributed by atoms with Gasteiger partial charge in [0.2, 0.25) is 5.78 Å². The standard InChI is InChI=1S/C13H10N2O2/c1-8-10(15-7-14-8)6-12-13(16)9-4-2-3-5-11(9)17-12/h2-7H,1H3,(H,14,15)/b12-6-. The summed E-state index contributed by atoms with van der Waals surface area (Å²) in [6.07, 6.45) is 3.25. The van der Waals surface area contributed by atoms with Crippen LogP contribution in [-0.4, -0.2) is 15.8 Å². The number of ether oxygens (including phenoxy) is 1. The minimum absolute atomic E-state index is 0.0944. The summed E-state index contributed by atoms with van der Waals surface area (Å²) in [6, 6.07) is 7.21. The lowest BCUT2D eigenvalue weighted by Gasteiger charge is -1.96. The van der Waals surface area contributed by atoms with E-state index in [0.29, 0.717) is 17.1 Å². The lowest BCUT2D eigenvalue weighted by Crippen LogP contribution is -1.98. The molecule has 0 unspecified atom stereocenters. The molecule has 0 atom stereocenters. The summed E-state index contributed by atoms with van der Waals surface area (Å²) in [7, 11) is 0. The molecule has 0 amide bonds. The average molecular weight is 226 g/mol. The number of carbonyl (C=O) groups is 1. The zero-order valence-electron chi connectivity index (χ0n) is 9.23. The number of nitrogens with one attached hydrogen (secondary N) is 1. The summed E-state index contributed by atoms with van der Waals surface area (Å²) in [4.78, 5) is 19.1. The SMILES string of the molecule is Cc1[nH]cnc1/C=C1\Oc2ccccc2C1=O. The summed E-state index contributed by atoms with van der Waals surface area (Å²) in [5, 5.41) is 0. The van der Waals surface area contributed by atoms with Crippen molar-refractivity contribution in [2.24, 2.45) is 0 Å². The van der Waals surface area contributed by atoms with Gasteiger partial charge in [-0.15, -0.1) is 0 Å². The predicted molar refractivity (Wildman–Crippen MR) is 62.7 cm³/mol. The Morgan fingerprint density at radius 1 is 1.35 bits per heavy atom. The Kier molecular flexibility index (Phi) is 2.08. The van der Waals surface area contributed by atoms with E-state index in [-0.39, 0.29) is 5.78 Å². The number of aromatic amines is 1. The second-order valence-electron chi connectivity index (χ2n) is 3.85. The van der Waals surface area contributed by atoms with Crippen LogP contribution in [0.4, 0.5) is 0 Å². The zero-order chi connectivity index (χ0) is 11.8. The normalized spacial score (nSPS) is 16.1. The zero-order valence-corrected chi connectivity index (χ0v) is 9.23. The van der Waals surface area contributed by atoms with Gasteiger partial charge < -0.3 is 9.72 Å². The van der Waals surface area contributed by atoms with Crippen molar-refractivity contribution in [2.75, 3.05) is 0 Å². The third kappa shape index (κ3) is 1.54. The van der Waals surface area contributed by atoms with Crippen molar-refractivity contribution in [3.05, 3.63) is 53.3 Å². The fourth-order valence-corrected chi connectivity index (χ4v) is 1.77. The number of Topliss-reactive ketones (excluding diaryl/α,β-unsaturated/α-hetero) is 1. The van der Waals surface area contributed by atoms with E-state index in [9.17, 15) is 4.79 Å². The van der Waals surface area contributed by atoms with Gasteiger partial charge in [-0.05, 0) is 19.1 Å². The monoisotopic (exact) mass is 226 g/mol. The molecule has 3 rings (SSSR count).